The maximum absolute atomic E-state index is 12.0. The predicted molar refractivity (Wildman–Crippen MR) is 100 cm³/mol. The van der Waals surface area contributed by atoms with Crippen molar-refractivity contribution in [3.63, 3.8) is 0 Å². The van der Waals surface area contributed by atoms with E-state index in [-0.39, 0.29) is 0 Å². The first-order valence-electron chi connectivity index (χ1n) is 8.02. The highest BCUT2D eigenvalue weighted by molar-refractivity contribution is 7.09. The van der Waals surface area contributed by atoms with Crippen LogP contribution in [0.15, 0.2) is 54.6 Å². The highest BCUT2D eigenvalue weighted by Gasteiger charge is 2.22. The molecule has 122 valence electrons. The van der Waals surface area contributed by atoms with Crippen molar-refractivity contribution >= 4 is 11.5 Å². The van der Waals surface area contributed by atoms with Gasteiger partial charge in [0.25, 0.3) is 0 Å². The average molecular weight is 329 g/mol. The molecule has 0 radical (unpaired) electrons. The zero-order valence-electron chi connectivity index (χ0n) is 14.5. The van der Waals surface area contributed by atoms with E-state index in [1.165, 1.54) is 17.1 Å². The summed E-state index contributed by atoms with van der Waals surface area (Å²) in [5.41, 5.74) is 3.86. The Hall–Kier alpha value is -2.20. The van der Waals surface area contributed by atoms with Crippen LogP contribution < -0.4 is 4.54 Å². The number of hydrogen-bond donors (Lipinski definition) is 1. The number of H-pyrrole nitrogens is 1. The van der Waals surface area contributed by atoms with Crippen LogP contribution in [0.1, 0.15) is 33.3 Å². The Morgan fingerprint density at radius 3 is 1.96 bits per heavy atom. The van der Waals surface area contributed by atoms with Crippen molar-refractivity contribution in [1.29, 1.82) is 0 Å². The largest absolute Gasteiger partial charge is 0.319 e. The first-order chi connectivity index (χ1) is 11.3. The quantitative estimate of drug-likeness (QED) is 0.603. The average Bonchev–Trinajstić information content (AvgIpc) is 3.01. The molecule has 0 amide bonds. The maximum Gasteiger partial charge on any atom is 0.319 e. The number of nitrogens with zero attached hydrogens (tertiary/aromatic N) is 1. The number of rotatable bonds is 2. The molecule has 0 spiro atoms. The lowest BCUT2D eigenvalue weighted by molar-refractivity contribution is -0.542. The number of aromatic nitrogens is 2. The summed E-state index contributed by atoms with van der Waals surface area (Å²) < 4.78 is 3.58. The molecule has 1 aromatic heterocycles. The van der Waals surface area contributed by atoms with E-state index in [0.29, 0.717) is 5.69 Å². The summed E-state index contributed by atoms with van der Waals surface area (Å²) in [5, 5.41) is 0. The number of nitrogens with one attached hydrogen (secondary N) is 1. The molecule has 0 aliphatic carbocycles. The minimum absolute atomic E-state index is 0.675. The van der Waals surface area contributed by atoms with E-state index in [9.17, 15) is 4.91 Å². The molecular weight excluding hydrogens is 304 g/mol. The van der Waals surface area contributed by atoms with Crippen LogP contribution in [0.3, 0.4) is 0 Å². The molecule has 0 atom stereocenters. The standard InChI is InChI=1S/C15H13N2OS.2C2H6/c1-11-7-9-13(10-8-11)15-14(17(18)16-19-15)12-5-3-2-4-6-12;2*1-2/h2-10H,1H3,(H,16,18);2*1-2H3/q+1;;. The summed E-state index contributed by atoms with van der Waals surface area (Å²) in [4.78, 5) is 12.9. The third-order valence-electron chi connectivity index (χ3n) is 3.01. The summed E-state index contributed by atoms with van der Waals surface area (Å²) in [5.74, 6) is 0. The summed E-state index contributed by atoms with van der Waals surface area (Å²) in [6.07, 6.45) is 0. The van der Waals surface area contributed by atoms with Crippen LogP contribution in [0.5, 0.6) is 0 Å². The fourth-order valence-electron chi connectivity index (χ4n) is 2.02. The minimum Gasteiger partial charge on any atom is -0.0683 e. The molecule has 0 aliphatic rings. The summed E-state index contributed by atoms with van der Waals surface area (Å²) in [7, 11) is 0. The molecule has 1 heterocycles. The van der Waals surface area contributed by atoms with Crippen LogP contribution in [0.25, 0.3) is 21.7 Å². The van der Waals surface area contributed by atoms with Crippen LogP contribution in [-0.4, -0.2) is 4.49 Å². The molecule has 3 nitrogen and oxygen atoms in total. The molecule has 1 N–H and O–H groups in total. The van der Waals surface area contributed by atoms with Gasteiger partial charge < -0.3 is 0 Å². The fraction of sp³-hybridized carbons (Fsp3) is 0.263. The van der Waals surface area contributed by atoms with E-state index in [0.717, 1.165) is 20.5 Å². The van der Waals surface area contributed by atoms with Crippen LogP contribution in [0.2, 0.25) is 0 Å². The Morgan fingerprint density at radius 1 is 0.826 bits per heavy atom. The molecule has 0 bridgehead atoms. The Morgan fingerprint density at radius 2 is 1.39 bits per heavy atom. The van der Waals surface area contributed by atoms with Gasteiger partial charge in [-0.1, -0.05) is 80.2 Å². The zero-order chi connectivity index (χ0) is 17.2. The van der Waals surface area contributed by atoms with Crippen molar-refractivity contribution < 1.29 is 4.54 Å². The lowest BCUT2D eigenvalue weighted by Crippen LogP contribution is -2.16. The van der Waals surface area contributed by atoms with Crippen molar-refractivity contribution in [1.82, 2.24) is 4.49 Å². The van der Waals surface area contributed by atoms with Crippen molar-refractivity contribution in [2.45, 2.75) is 34.6 Å². The van der Waals surface area contributed by atoms with Gasteiger partial charge in [-0.25, -0.2) is 0 Å². The zero-order valence-corrected chi connectivity index (χ0v) is 15.3. The van der Waals surface area contributed by atoms with Gasteiger partial charge in [0.1, 0.15) is 4.88 Å². The van der Waals surface area contributed by atoms with Gasteiger partial charge in [0.15, 0.2) is 4.54 Å². The monoisotopic (exact) mass is 329 g/mol. The molecule has 0 unspecified atom stereocenters. The normalized spacial score (nSPS) is 9.26. The van der Waals surface area contributed by atoms with Gasteiger partial charge >= 0.3 is 5.69 Å². The van der Waals surface area contributed by atoms with E-state index in [1.807, 2.05) is 70.2 Å². The maximum atomic E-state index is 12.0. The Balaban J connectivity index is 0.000000615. The summed E-state index contributed by atoms with van der Waals surface area (Å²) in [6, 6.07) is 17.9. The van der Waals surface area contributed by atoms with Crippen molar-refractivity contribution in [2.24, 2.45) is 0 Å². The van der Waals surface area contributed by atoms with E-state index in [4.69, 9.17) is 0 Å². The van der Waals surface area contributed by atoms with Gasteiger partial charge in [0.2, 0.25) is 0 Å². The van der Waals surface area contributed by atoms with Crippen LogP contribution in [0.4, 0.5) is 0 Å². The van der Waals surface area contributed by atoms with Crippen LogP contribution >= 0.6 is 11.5 Å². The molecule has 4 heteroatoms. The smallest absolute Gasteiger partial charge is 0.0683 e. The summed E-state index contributed by atoms with van der Waals surface area (Å²) >= 11 is 1.36. The van der Waals surface area contributed by atoms with Crippen LogP contribution in [0, 0.1) is 11.8 Å². The van der Waals surface area contributed by atoms with E-state index >= 15 is 0 Å². The van der Waals surface area contributed by atoms with E-state index < -0.39 is 0 Å². The van der Waals surface area contributed by atoms with Crippen molar-refractivity contribution in [3.05, 3.63) is 65.1 Å². The second-order valence-corrected chi connectivity index (χ2v) is 5.19. The second kappa shape index (κ2) is 9.74. The van der Waals surface area contributed by atoms with Crippen molar-refractivity contribution in [3.8, 4) is 21.7 Å². The van der Waals surface area contributed by atoms with E-state index in [1.54, 1.807) is 0 Å². The lowest BCUT2D eigenvalue weighted by atomic mass is 10.1. The Kier molecular flexibility index (Phi) is 7.98. The van der Waals surface area contributed by atoms with E-state index in [2.05, 4.69) is 23.5 Å². The Bertz CT molecular complexity index is 743. The lowest BCUT2D eigenvalue weighted by Gasteiger charge is -1.97. The topological polar surface area (TPSA) is 38.8 Å². The van der Waals surface area contributed by atoms with Gasteiger partial charge in [-0.2, -0.15) is 0 Å². The summed E-state index contributed by atoms with van der Waals surface area (Å²) in [6.45, 7) is 10.1. The predicted octanol–water partition coefficient (Wildman–Crippen LogP) is 5.69. The molecule has 0 saturated heterocycles. The molecule has 0 saturated carbocycles. The molecule has 0 fully saturated rings. The van der Waals surface area contributed by atoms with Gasteiger partial charge in [-0.3, -0.25) is 0 Å². The first-order valence-corrected chi connectivity index (χ1v) is 8.84. The van der Waals surface area contributed by atoms with Gasteiger partial charge in [0, 0.05) is 17.1 Å². The first kappa shape index (κ1) is 18.8. The fourth-order valence-corrected chi connectivity index (χ4v) is 2.84. The highest BCUT2D eigenvalue weighted by Crippen LogP contribution is 2.31. The van der Waals surface area contributed by atoms with Gasteiger partial charge in [-0.15, -0.1) is 0 Å². The SMILES string of the molecule is CC.CC.Cc1ccc(-c2s[nH][n+](=O)c2-c2ccccc2)cc1. The number of hydrogen-bond acceptors (Lipinski definition) is 2. The molecule has 23 heavy (non-hydrogen) atoms. The number of benzene rings is 2. The number of aryl methyl sites for hydroxylation is 1. The molecule has 3 rings (SSSR count). The Labute approximate surface area is 142 Å². The third kappa shape index (κ3) is 4.63. The third-order valence-corrected chi connectivity index (χ3v) is 3.90. The van der Waals surface area contributed by atoms with Gasteiger partial charge in [0.05, 0.1) is 10.5 Å². The minimum atomic E-state index is 0.675. The highest BCUT2D eigenvalue weighted by atomic mass is 32.1. The van der Waals surface area contributed by atoms with Crippen LogP contribution in [-0.2, 0) is 0 Å². The molecule has 0 aliphatic heterocycles. The van der Waals surface area contributed by atoms with Gasteiger partial charge in [-0.05, 0) is 19.1 Å². The van der Waals surface area contributed by atoms with Crippen molar-refractivity contribution in [2.75, 3.05) is 0 Å². The molecular formula is C19H25N2OS+. The molecule has 3 aromatic rings. The molecule has 2 aromatic carbocycles. The second-order valence-electron chi connectivity index (χ2n) is 4.40. The number of aromatic amines is 1.